The number of nitrogens with zero attached hydrogens (tertiary/aromatic N) is 1. The van der Waals surface area contributed by atoms with Crippen molar-refractivity contribution in [3.8, 4) is 11.6 Å². The van der Waals surface area contributed by atoms with Gasteiger partial charge in [-0.3, -0.25) is 0 Å². The average molecular weight is 323 g/mol. The van der Waals surface area contributed by atoms with Gasteiger partial charge in [0, 0.05) is 0 Å². The molecular weight excluding hydrogens is 316 g/mol. The third-order valence-electron chi connectivity index (χ3n) is 2.15. The summed E-state index contributed by atoms with van der Waals surface area (Å²) in [6, 6.07) is 6.85. The Morgan fingerprint density at radius 2 is 1.67 bits per heavy atom. The third-order valence-corrected chi connectivity index (χ3v) is 3.39. The highest BCUT2D eigenvalue weighted by Gasteiger charge is 2.11. The molecule has 0 aliphatic carbocycles. The lowest BCUT2D eigenvalue weighted by Crippen LogP contribution is -1.91. The van der Waals surface area contributed by atoms with Crippen LogP contribution in [0.1, 0.15) is 5.56 Å². The second-order valence-corrected chi connectivity index (χ2v) is 5.16. The number of halogens is 4. The lowest BCUT2D eigenvalue weighted by molar-refractivity contribution is 0.463. The standard InChI is InChI=1S/C12H7Cl4NO/c1-6-2-3-10(7(13)4-6)18-12-9(15)5-8(14)11(16)17-12/h2-5H,1H3. The van der Waals surface area contributed by atoms with E-state index in [1.807, 2.05) is 13.0 Å². The molecule has 18 heavy (non-hydrogen) atoms. The number of rotatable bonds is 2. The summed E-state index contributed by atoms with van der Waals surface area (Å²) in [7, 11) is 0. The molecule has 0 bridgehead atoms. The van der Waals surface area contributed by atoms with Crippen molar-refractivity contribution >= 4 is 46.4 Å². The van der Waals surface area contributed by atoms with E-state index >= 15 is 0 Å². The van der Waals surface area contributed by atoms with Crippen molar-refractivity contribution in [2.75, 3.05) is 0 Å². The van der Waals surface area contributed by atoms with E-state index in [1.165, 1.54) is 6.07 Å². The first-order chi connectivity index (χ1) is 8.47. The molecule has 0 spiro atoms. The van der Waals surface area contributed by atoms with Gasteiger partial charge in [0.25, 0.3) is 0 Å². The summed E-state index contributed by atoms with van der Waals surface area (Å²) >= 11 is 23.6. The van der Waals surface area contributed by atoms with E-state index in [0.717, 1.165) is 5.56 Å². The fraction of sp³-hybridized carbons (Fsp3) is 0.0833. The highest BCUT2D eigenvalue weighted by atomic mass is 35.5. The predicted octanol–water partition coefficient (Wildman–Crippen LogP) is 5.80. The summed E-state index contributed by atoms with van der Waals surface area (Å²) < 4.78 is 5.51. The van der Waals surface area contributed by atoms with Gasteiger partial charge in [0.2, 0.25) is 5.88 Å². The minimum Gasteiger partial charge on any atom is -0.436 e. The summed E-state index contributed by atoms with van der Waals surface area (Å²) in [5.74, 6) is 0.617. The molecule has 0 radical (unpaired) electrons. The van der Waals surface area contributed by atoms with Gasteiger partial charge in [-0.25, -0.2) is 0 Å². The Hall–Kier alpha value is -0.670. The van der Waals surface area contributed by atoms with Crippen LogP contribution < -0.4 is 4.74 Å². The van der Waals surface area contributed by atoms with E-state index in [1.54, 1.807) is 12.1 Å². The van der Waals surface area contributed by atoms with Gasteiger partial charge in [0.05, 0.1) is 10.0 Å². The molecule has 0 saturated heterocycles. The topological polar surface area (TPSA) is 22.1 Å². The second-order valence-electron chi connectivity index (χ2n) is 3.58. The molecule has 2 rings (SSSR count). The maximum atomic E-state index is 6.05. The number of hydrogen-bond donors (Lipinski definition) is 0. The summed E-state index contributed by atoms with van der Waals surface area (Å²) in [5, 5.41) is 1.13. The fourth-order valence-electron chi connectivity index (χ4n) is 1.29. The summed E-state index contributed by atoms with van der Waals surface area (Å²) in [6.07, 6.45) is 0. The molecule has 0 aliphatic heterocycles. The third kappa shape index (κ3) is 3.01. The Bertz CT molecular complexity index is 601. The molecule has 0 aliphatic rings. The van der Waals surface area contributed by atoms with Gasteiger partial charge in [0.1, 0.15) is 10.8 Å². The summed E-state index contributed by atoms with van der Waals surface area (Å²) in [4.78, 5) is 3.95. The Morgan fingerprint density at radius 1 is 0.944 bits per heavy atom. The van der Waals surface area contributed by atoms with Crippen molar-refractivity contribution < 1.29 is 4.74 Å². The first kappa shape index (κ1) is 13.8. The molecule has 0 N–H and O–H groups in total. The van der Waals surface area contributed by atoms with Gasteiger partial charge < -0.3 is 4.74 Å². The molecule has 1 aromatic heterocycles. The first-order valence-electron chi connectivity index (χ1n) is 4.93. The zero-order valence-corrected chi connectivity index (χ0v) is 12.2. The van der Waals surface area contributed by atoms with Crippen LogP contribution in [0.4, 0.5) is 0 Å². The number of hydrogen-bond acceptors (Lipinski definition) is 2. The van der Waals surface area contributed by atoms with E-state index in [0.29, 0.717) is 10.8 Å². The highest BCUT2D eigenvalue weighted by molar-refractivity contribution is 6.42. The van der Waals surface area contributed by atoms with Gasteiger partial charge >= 0.3 is 0 Å². The SMILES string of the molecule is Cc1ccc(Oc2nc(Cl)c(Cl)cc2Cl)c(Cl)c1. The van der Waals surface area contributed by atoms with Crippen molar-refractivity contribution in [1.82, 2.24) is 4.98 Å². The Balaban J connectivity index is 2.37. The smallest absolute Gasteiger partial charge is 0.239 e. The molecule has 0 atom stereocenters. The van der Waals surface area contributed by atoms with Crippen LogP contribution in [-0.4, -0.2) is 4.98 Å². The number of aromatic nitrogens is 1. The van der Waals surface area contributed by atoms with E-state index in [2.05, 4.69) is 4.98 Å². The van der Waals surface area contributed by atoms with Crippen LogP contribution in [-0.2, 0) is 0 Å². The lowest BCUT2D eigenvalue weighted by Gasteiger charge is -2.09. The van der Waals surface area contributed by atoms with Crippen LogP contribution >= 0.6 is 46.4 Å². The molecule has 1 aromatic carbocycles. The van der Waals surface area contributed by atoms with Gasteiger partial charge in [-0.15, -0.1) is 0 Å². The minimum absolute atomic E-state index is 0.124. The fourth-order valence-corrected chi connectivity index (χ4v) is 2.10. The average Bonchev–Trinajstić information content (AvgIpc) is 2.29. The molecule has 0 unspecified atom stereocenters. The maximum Gasteiger partial charge on any atom is 0.239 e. The maximum absolute atomic E-state index is 6.05. The van der Waals surface area contributed by atoms with Crippen LogP contribution in [0.5, 0.6) is 11.6 Å². The zero-order chi connectivity index (χ0) is 13.3. The first-order valence-corrected chi connectivity index (χ1v) is 6.44. The van der Waals surface area contributed by atoms with Crippen LogP contribution in [0.15, 0.2) is 24.3 Å². The van der Waals surface area contributed by atoms with E-state index in [9.17, 15) is 0 Å². The number of benzene rings is 1. The number of aryl methyl sites for hydroxylation is 1. The van der Waals surface area contributed by atoms with Crippen LogP contribution in [0.25, 0.3) is 0 Å². The van der Waals surface area contributed by atoms with Crippen LogP contribution in [0.2, 0.25) is 20.2 Å². The second kappa shape index (κ2) is 5.54. The summed E-state index contributed by atoms with van der Waals surface area (Å²) in [5.41, 5.74) is 1.03. The number of ether oxygens (including phenoxy) is 1. The highest BCUT2D eigenvalue weighted by Crippen LogP contribution is 2.35. The van der Waals surface area contributed by atoms with Crippen LogP contribution in [0.3, 0.4) is 0 Å². The van der Waals surface area contributed by atoms with Crippen molar-refractivity contribution in [3.05, 3.63) is 50.0 Å². The molecule has 0 amide bonds. The molecular formula is C12H7Cl4NO. The molecule has 6 heteroatoms. The Labute approximate surface area is 124 Å². The minimum atomic E-state index is 0.124. The van der Waals surface area contributed by atoms with Crippen molar-refractivity contribution in [1.29, 1.82) is 0 Å². The Morgan fingerprint density at radius 3 is 2.33 bits per heavy atom. The molecule has 0 fully saturated rings. The van der Waals surface area contributed by atoms with E-state index in [-0.39, 0.29) is 21.1 Å². The largest absolute Gasteiger partial charge is 0.436 e. The zero-order valence-electron chi connectivity index (χ0n) is 9.18. The lowest BCUT2D eigenvalue weighted by atomic mass is 10.2. The van der Waals surface area contributed by atoms with Gasteiger partial charge in [-0.1, -0.05) is 52.5 Å². The predicted molar refractivity (Wildman–Crippen MR) is 75.5 cm³/mol. The molecule has 1 heterocycles. The molecule has 0 saturated carbocycles. The molecule has 2 nitrogen and oxygen atoms in total. The molecule has 94 valence electrons. The molecule has 2 aromatic rings. The van der Waals surface area contributed by atoms with Crippen molar-refractivity contribution in [2.24, 2.45) is 0 Å². The van der Waals surface area contributed by atoms with Crippen molar-refractivity contribution in [3.63, 3.8) is 0 Å². The quantitative estimate of drug-likeness (QED) is 0.652. The number of pyridine rings is 1. The Kier molecular flexibility index (Phi) is 4.23. The van der Waals surface area contributed by atoms with Gasteiger partial charge in [-0.2, -0.15) is 4.98 Å². The normalized spacial score (nSPS) is 10.5. The van der Waals surface area contributed by atoms with Crippen molar-refractivity contribution in [2.45, 2.75) is 6.92 Å². The van der Waals surface area contributed by atoms with E-state index in [4.69, 9.17) is 51.1 Å². The van der Waals surface area contributed by atoms with Gasteiger partial charge in [0.15, 0.2) is 5.15 Å². The summed E-state index contributed by atoms with van der Waals surface area (Å²) in [6.45, 7) is 1.93. The van der Waals surface area contributed by atoms with Crippen LogP contribution in [0, 0.1) is 6.92 Å². The monoisotopic (exact) mass is 321 g/mol. The van der Waals surface area contributed by atoms with Gasteiger partial charge in [-0.05, 0) is 30.7 Å². The van der Waals surface area contributed by atoms with E-state index < -0.39 is 0 Å².